The van der Waals surface area contributed by atoms with Crippen molar-refractivity contribution in [1.82, 2.24) is 15.6 Å². The molecule has 1 aromatic heterocycles. The van der Waals surface area contributed by atoms with Crippen LogP contribution in [0.3, 0.4) is 0 Å². The lowest BCUT2D eigenvalue weighted by Crippen LogP contribution is -2.44. The number of hydrogen-bond acceptors (Lipinski definition) is 4. The molecule has 0 spiro atoms. The number of aromatic nitrogens is 1. The van der Waals surface area contributed by atoms with Crippen LogP contribution in [0.5, 0.6) is 0 Å². The van der Waals surface area contributed by atoms with Crippen molar-refractivity contribution in [3.05, 3.63) is 30.1 Å². The van der Waals surface area contributed by atoms with E-state index in [1.807, 2.05) is 19.1 Å². The Morgan fingerprint density at radius 2 is 2.21 bits per heavy atom. The summed E-state index contributed by atoms with van der Waals surface area (Å²) in [4.78, 5) is 27.5. The molecule has 0 aliphatic carbocycles. The van der Waals surface area contributed by atoms with E-state index in [1.165, 1.54) is 0 Å². The lowest BCUT2D eigenvalue weighted by Gasteiger charge is -2.13. The molecule has 0 saturated heterocycles. The largest absolute Gasteiger partial charge is 0.349 e. The monoisotopic (exact) mass is 263 g/mol. The van der Waals surface area contributed by atoms with Crippen LogP contribution in [0.15, 0.2) is 24.5 Å². The number of rotatable bonds is 8. The summed E-state index contributed by atoms with van der Waals surface area (Å²) in [6, 6.07) is 3.40. The molecule has 5 nitrogen and oxygen atoms in total. The Morgan fingerprint density at radius 3 is 2.79 bits per heavy atom. The number of nitrogens with zero attached hydrogens (tertiary/aromatic N) is 1. The Kier molecular flexibility index (Phi) is 6.74. The van der Waals surface area contributed by atoms with Crippen molar-refractivity contribution >= 4 is 11.7 Å². The van der Waals surface area contributed by atoms with Gasteiger partial charge < -0.3 is 10.6 Å². The van der Waals surface area contributed by atoms with Gasteiger partial charge in [-0.25, -0.2) is 0 Å². The van der Waals surface area contributed by atoms with Gasteiger partial charge in [-0.15, -0.1) is 0 Å². The molecule has 19 heavy (non-hydrogen) atoms. The molecule has 1 heterocycles. The van der Waals surface area contributed by atoms with Gasteiger partial charge in [-0.2, -0.15) is 0 Å². The highest BCUT2D eigenvalue weighted by atomic mass is 16.2. The maximum absolute atomic E-state index is 11.8. The van der Waals surface area contributed by atoms with Crippen molar-refractivity contribution < 1.29 is 9.59 Å². The summed E-state index contributed by atoms with van der Waals surface area (Å²) in [5, 5.41) is 5.52. The normalized spacial score (nSPS) is 11.9. The summed E-state index contributed by atoms with van der Waals surface area (Å²) < 4.78 is 0. The molecule has 1 aromatic rings. The average molecular weight is 263 g/mol. The number of nitrogens with one attached hydrogen (secondary N) is 2. The second kappa shape index (κ2) is 8.37. The third-order valence-corrected chi connectivity index (χ3v) is 2.89. The van der Waals surface area contributed by atoms with Crippen LogP contribution >= 0.6 is 0 Å². The molecule has 0 bridgehead atoms. The number of ketones is 1. The van der Waals surface area contributed by atoms with Crippen LogP contribution < -0.4 is 10.6 Å². The first-order chi connectivity index (χ1) is 9.19. The Labute approximate surface area is 113 Å². The maximum Gasteiger partial charge on any atom is 0.289 e. The highest BCUT2D eigenvalue weighted by Crippen LogP contribution is 1.98. The van der Waals surface area contributed by atoms with Gasteiger partial charge in [-0.05, 0) is 31.5 Å². The van der Waals surface area contributed by atoms with E-state index >= 15 is 0 Å². The van der Waals surface area contributed by atoms with Gasteiger partial charge in [0.15, 0.2) is 0 Å². The standard InChI is InChI=1S/C14H21N3O2/c1-3-5-12(15-2)13(18)14(19)17-9-7-11-6-4-8-16-10-11/h4,6,8,10,12,15H,3,5,7,9H2,1-2H3,(H,17,19). The average Bonchev–Trinajstić information content (AvgIpc) is 2.45. The van der Waals surface area contributed by atoms with Crippen LogP contribution in [0.1, 0.15) is 25.3 Å². The van der Waals surface area contributed by atoms with Crippen molar-refractivity contribution in [3.8, 4) is 0 Å². The molecule has 1 unspecified atom stereocenters. The zero-order chi connectivity index (χ0) is 14.1. The molecule has 2 N–H and O–H groups in total. The molecule has 0 aliphatic rings. The van der Waals surface area contributed by atoms with Crippen molar-refractivity contribution in [1.29, 1.82) is 0 Å². The molecule has 0 fully saturated rings. The Morgan fingerprint density at radius 1 is 1.42 bits per heavy atom. The Bertz CT molecular complexity index is 406. The second-order valence-corrected chi connectivity index (χ2v) is 4.36. The first-order valence-electron chi connectivity index (χ1n) is 6.57. The number of carbonyl (C=O) groups excluding carboxylic acids is 2. The summed E-state index contributed by atoms with van der Waals surface area (Å²) >= 11 is 0. The zero-order valence-corrected chi connectivity index (χ0v) is 11.5. The third kappa shape index (κ3) is 5.18. The summed E-state index contributed by atoms with van der Waals surface area (Å²) in [6.07, 6.45) is 5.66. The van der Waals surface area contributed by atoms with Crippen molar-refractivity contribution in [3.63, 3.8) is 0 Å². The van der Waals surface area contributed by atoms with Gasteiger partial charge in [0.25, 0.3) is 5.91 Å². The van der Waals surface area contributed by atoms with Crippen LogP contribution in [0, 0.1) is 0 Å². The summed E-state index contributed by atoms with van der Waals surface area (Å²) in [5.74, 6) is -0.910. The maximum atomic E-state index is 11.8. The Balaban J connectivity index is 2.36. The van der Waals surface area contributed by atoms with E-state index in [1.54, 1.807) is 19.4 Å². The van der Waals surface area contributed by atoms with Crippen LogP contribution in [0.4, 0.5) is 0 Å². The zero-order valence-electron chi connectivity index (χ0n) is 11.5. The van der Waals surface area contributed by atoms with Gasteiger partial charge in [-0.3, -0.25) is 14.6 Å². The van der Waals surface area contributed by atoms with Gasteiger partial charge in [-0.1, -0.05) is 19.4 Å². The lowest BCUT2D eigenvalue weighted by atomic mass is 10.1. The van der Waals surface area contributed by atoms with E-state index in [2.05, 4.69) is 15.6 Å². The molecule has 0 aromatic carbocycles. The first kappa shape index (κ1) is 15.3. The SMILES string of the molecule is CCCC(NC)C(=O)C(=O)NCCc1cccnc1. The number of carbonyl (C=O) groups is 2. The van der Waals surface area contributed by atoms with E-state index in [0.29, 0.717) is 19.4 Å². The molecular weight excluding hydrogens is 242 g/mol. The Hall–Kier alpha value is -1.75. The molecule has 0 radical (unpaired) electrons. The van der Waals surface area contributed by atoms with Crippen LogP contribution in [-0.4, -0.2) is 36.3 Å². The lowest BCUT2D eigenvalue weighted by molar-refractivity contribution is -0.139. The number of likely N-dealkylation sites (N-methyl/N-ethyl adjacent to an activating group) is 1. The molecule has 1 amide bonds. The van der Waals surface area contributed by atoms with E-state index in [0.717, 1.165) is 12.0 Å². The van der Waals surface area contributed by atoms with Crippen LogP contribution in [-0.2, 0) is 16.0 Å². The van der Waals surface area contributed by atoms with Gasteiger partial charge >= 0.3 is 0 Å². The summed E-state index contributed by atoms with van der Waals surface area (Å²) in [5.41, 5.74) is 1.04. The van der Waals surface area contributed by atoms with Crippen molar-refractivity contribution in [2.45, 2.75) is 32.2 Å². The minimum Gasteiger partial charge on any atom is -0.349 e. The number of pyridine rings is 1. The van der Waals surface area contributed by atoms with Gasteiger partial charge in [0.2, 0.25) is 5.78 Å². The molecular formula is C14H21N3O2. The fourth-order valence-electron chi connectivity index (χ4n) is 1.81. The third-order valence-electron chi connectivity index (χ3n) is 2.89. The topological polar surface area (TPSA) is 71.1 Å². The fraction of sp³-hybridized carbons (Fsp3) is 0.500. The molecule has 104 valence electrons. The van der Waals surface area contributed by atoms with Crippen LogP contribution in [0.25, 0.3) is 0 Å². The van der Waals surface area contributed by atoms with E-state index in [4.69, 9.17) is 0 Å². The van der Waals surface area contributed by atoms with E-state index in [9.17, 15) is 9.59 Å². The quantitative estimate of drug-likeness (QED) is 0.677. The van der Waals surface area contributed by atoms with Crippen molar-refractivity contribution in [2.24, 2.45) is 0 Å². The van der Waals surface area contributed by atoms with Crippen molar-refractivity contribution in [2.75, 3.05) is 13.6 Å². The van der Waals surface area contributed by atoms with E-state index in [-0.39, 0.29) is 6.04 Å². The van der Waals surface area contributed by atoms with E-state index < -0.39 is 11.7 Å². The van der Waals surface area contributed by atoms with Gasteiger partial charge in [0.1, 0.15) is 0 Å². The fourth-order valence-corrected chi connectivity index (χ4v) is 1.81. The molecule has 1 rings (SSSR count). The highest BCUT2D eigenvalue weighted by molar-refractivity contribution is 6.38. The molecule has 0 saturated carbocycles. The predicted octanol–water partition coefficient (Wildman–Crippen LogP) is 0.698. The summed E-state index contributed by atoms with van der Waals surface area (Å²) in [6.45, 7) is 2.43. The number of Topliss-reactive ketones (excluding diaryl/α,β-unsaturated/α-hetero) is 1. The molecule has 5 heteroatoms. The highest BCUT2D eigenvalue weighted by Gasteiger charge is 2.22. The van der Waals surface area contributed by atoms with Gasteiger partial charge in [0.05, 0.1) is 6.04 Å². The number of amides is 1. The minimum absolute atomic E-state index is 0.386. The first-order valence-corrected chi connectivity index (χ1v) is 6.57. The minimum atomic E-state index is -0.517. The number of hydrogen-bond donors (Lipinski definition) is 2. The summed E-state index contributed by atoms with van der Waals surface area (Å²) in [7, 11) is 1.70. The smallest absolute Gasteiger partial charge is 0.289 e. The second-order valence-electron chi connectivity index (χ2n) is 4.36. The molecule has 0 aliphatic heterocycles. The van der Waals surface area contributed by atoms with Gasteiger partial charge in [0, 0.05) is 18.9 Å². The predicted molar refractivity (Wildman–Crippen MR) is 73.7 cm³/mol. The van der Waals surface area contributed by atoms with Crippen LogP contribution in [0.2, 0.25) is 0 Å². The molecule has 1 atom stereocenters.